The van der Waals surface area contributed by atoms with Crippen LogP contribution in [0.5, 0.6) is 5.75 Å². The molecule has 0 amide bonds. The van der Waals surface area contributed by atoms with Gasteiger partial charge in [0.15, 0.2) is 0 Å². The topological polar surface area (TPSA) is 97.0 Å². The molecule has 8 heteroatoms. The number of hydrogen-bond acceptors (Lipinski definition) is 5. The Morgan fingerprint density at radius 2 is 1.95 bits per heavy atom. The van der Waals surface area contributed by atoms with E-state index in [0.29, 0.717) is 29.9 Å². The molecular weight excluding hydrogens is 484 g/mol. The van der Waals surface area contributed by atoms with Gasteiger partial charge in [-0.2, -0.15) is 5.26 Å². The molecule has 3 aromatic carbocycles. The van der Waals surface area contributed by atoms with Gasteiger partial charge in [-0.25, -0.2) is 13.4 Å². The molecule has 1 aliphatic rings. The minimum atomic E-state index is -3.43. The van der Waals surface area contributed by atoms with Crippen molar-refractivity contribution in [2.24, 2.45) is 0 Å². The quantitative estimate of drug-likeness (QED) is 0.337. The highest BCUT2D eigenvalue weighted by atomic mass is 32.2. The first-order valence-corrected chi connectivity index (χ1v) is 14.1. The van der Waals surface area contributed by atoms with Crippen LogP contribution in [-0.2, 0) is 29.6 Å². The van der Waals surface area contributed by atoms with Crippen molar-refractivity contribution in [1.82, 2.24) is 9.55 Å². The molecule has 188 valence electrons. The maximum Gasteiger partial charge on any atom is 0.229 e. The summed E-state index contributed by atoms with van der Waals surface area (Å²) in [6, 6.07) is 22.0. The number of benzene rings is 3. The molecule has 0 aliphatic carbocycles. The van der Waals surface area contributed by atoms with Crippen LogP contribution in [0.1, 0.15) is 48.3 Å². The fourth-order valence-electron chi connectivity index (χ4n) is 4.92. The van der Waals surface area contributed by atoms with Crippen LogP contribution in [0.15, 0.2) is 66.2 Å². The average molecular weight is 513 g/mol. The van der Waals surface area contributed by atoms with Gasteiger partial charge >= 0.3 is 0 Å². The van der Waals surface area contributed by atoms with Crippen LogP contribution in [0.3, 0.4) is 0 Å². The number of para-hydroxylation sites is 2. The van der Waals surface area contributed by atoms with Gasteiger partial charge in [0.05, 0.1) is 23.5 Å². The van der Waals surface area contributed by atoms with Gasteiger partial charge in [0.2, 0.25) is 10.0 Å². The fraction of sp³-hybridized carbons (Fsp3) is 0.241. The predicted molar refractivity (Wildman–Crippen MR) is 146 cm³/mol. The summed E-state index contributed by atoms with van der Waals surface area (Å²) >= 11 is 0. The number of fused-ring (bicyclic) bond motifs is 3. The van der Waals surface area contributed by atoms with E-state index in [0.717, 1.165) is 64.0 Å². The lowest BCUT2D eigenvalue weighted by atomic mass is 9.90. The third-order valence-electron chi connectivity index (χ3n) is 6.49. The normalized spacial score (nSPS) is 14.2. The highest BCUT2D eigenvalue weighted by molar-refractivity contribution is 7.92. The summed E-state index contributed by atoms with van der Waals surface area (Å²) in [7, 11) is -3.43. The number of ether oxygens (including phenoxy) is 1. The molecule has 0 saturated carbocycles. The Balaban J connectivity index is 1.59. The van der Waals surface area contributed by atoms with Gasteiger partial charge in [0, 0.05) is 29.7 Å². The van der Waals surface area contributed by atoms with Gasteiger partial charge in [-0.3, -0.25) is 4.72 Å². The Morgan fingerprint density at radius 1 is 1.14 bits per heavy atom. The number of allylic oxidation sites excluding steroid dienone is 1. The van der Waals surface area contributed by atoms with E-state index in [-0.39, 0.29) is 0 Å². The van der Waals surface area contributed by atoms with Gasteiger partial charge in [0.25, 0.3) is 0 Å². The van der Waals surface area contributed by atoms with Crippen LogP contribution in [0.25, 0.3) is 16.6 Å². The first kappa shape index (κ1) is 24.6. The van der Waals surface area contributed by atoms with Crippen molar-refractivity contribution < 1.29 is 13.2 Å². The molecule has 0 atom stereocenters. The highest BCUT2D eigenvalue weighted by Crippen LogP contribution is 2.39. The standard InChI is InChI=1S/C29H28N4O3S/c1-4-8-27-31-29-24(32-37(3,34)35)10-7-11-25(29)33(27)17-20-13-14-22-21(15-20)18-36-26-12-6-5-9-23(26)28(22)19(2)16-30/h5-7,9-15,32H,4,8,17-18H2,1-3H3/b28-19+. The fourth-order valence-corrected chi connectivity index (χ4v) is 5.48. The number of anilines is 1. The van der Waals surface area contributed by atoms with Gasteiger partial charge in [-0.15, -0.1) is 0 Å². The zero-order valence-electron chi connectivity index (χ0n) is 21.1. The maximum absolute atomic E-state index is 11.9. The second-order valence-electron chi connectivity index (χ2n) is 9.30. The zero-order chi connectivity index (χ0) is 26.2. The van der Waals surface area contributed by atoms with Gasteiger partial charge in [0.1, 0.15) is 23.7 Å². The second-order valence-corrected chi connectivity index (χ2v) is 11.0. The zero-order valence-corrected chi connectivity index (χ0v) is 21.9. The number of nitrogens with zero attached hydrogens (tertiary/aromatic N) is 3. The molecule has 1 aliphatic heterocycles. The smallest absolute Gasteiger partial charge is 0.229 e. The van der Waals surface area contributed by atoms with Crippen molar-refractivity contribution >= 4 is 32.3 Å². The second kappa shape index (κ2) is 9.75. The van der Waals surface area contributed by atoms with Gasteiger partial charge in [-0.05, 0) is 54.3 Å². The van der Waals surface area contributed by atoms with Crippen molar-refractivity contribution in [2.45, 2.75) is 39.8 Å². The van der Waals surface area contributed by atoms with Crippen molar-refractivity contribution in [3.63, 3.8) is 0 Å². The van der Waals surface area contributed by atoms with E-state index in [1.807, 2.05) is 43.3 Å². The van der Waals surface area contributed by atoms with Crippen LogP contribution in [0, 0.1) is 11.3 Å². The van der Waals surface area contributed by atoms with Crippen molar-refractivity contribution in [1.29, 1.82) is 5.26 Å². The molecule has 4 aromatic rings. The third-order valence-corrected chi connectivity index (χ3v) is 7.08. The number of sulfonamides is 1. The number of nitriles is 1. The van der Waals surface area contributed by atoms with Crippen LogP contribution in [0.4, 0.5) is 5.69 Å². The number of imidazole rings is 1. The number of hydrogen-bond donors (Lipinski definition) is 1. The van der Waals surface area contributed by atoms with Gasteiger partial charge < -0.3 is 9.30 Å². The molecule has 0 unspecified atom stereocenters. The van der Waals surface area contributed by atoms with E-state index >= 15 is 0 Å². The summed E-state index contributed by atoms with van der Waals surface area (Å²) in [4.78, 5) is 4.83. The molecule has 0 spiro atoms. The molecule has 0 bridgehead atoms. The molecular formula is C29H28N4O3S. The maximum atomic E-state index is 11.9. The molecule has 1 aromatic heterocycles. The monoisotopic (exact) mass is 512 g/mol. The number of rotatable bonds is 6. The number of nitrogens with one attached hydrogen (secondary N) is 1. The first-order valence-electron chi connectivity index (χ1n) is 12.2. The largest absolute Gasteiger partial charge is 0.488 e. The Bertz CT molecular complexity index is 1690. The lowest BCUT2D eigenvalue weighted by Gasteiger charge is -2.14. The molecule has 0 saturated heterocycles. The Kier molecular flexibility index (Phi) is 6.48. The van der Waals surface area contributed by atoms with Crippen molar-refractivity contribution in [2.75, 3.05) is 11.0 Å². The summed E-state index contributed by atoms with van der Waals surface area (Å²) < 4.78 is 34.7. The molecule has 7 nitrogen and oxygen atoms in total. The van der Waals surface area contributed by atoms with E-state index < -0.39 is 10.0 Å². The molecule has 0 radical (unpaired) electrons. The Labute approximate surface area is 217 Å². The van der Waals surface area contributed by atoms with Gasteiger partial charge in [-0.1, -0.05) is 43.3 Å². The molecule has 37 heavy (non-hydrogen) atoms. The van der Waals surface area contributed by atoms with Crippen LogP contribution >= 0.6 is 0 Å². The Morgan fingerprint density at radius 3 is 2.70 bits per heavy atom. The molecule has 5 rings (SSSR count). The summed E-state index contributed by atoms with van der Waals surface area (Å²) in [6.45, 7) is 4.91. The summed E-state index contributed by atoms with van der Waals surface area (Å²) in [5.74, 6) is 1.67. The van der Waals surface area contributed by atoms with E-state index in [2.05, 4.69) is 40.5 Å². The molecule has 1 N–H and O–H groups in total. The van der Waals surface area contributed by atoms with Crippen LogP contribution < -0.4 is 9.46 Å². The van der Waals surface area contributed by atoms with Crippen molar-refractivity contribution in [3.8, 4) is 11.8 Å². The minimum absolute atomic E-state index is 0.400. The minimum Gasteiger partial charge on any atom is -0.488 e. The SMILES string of the molecule is CCCc1nc2c(NS(C)(=O)=O)cccc2n1Cc1ccc2c(c1)COc1ccccc1/C2=C(\C)C#N. The van der Waals surface area contributed by atoms with Crippen LogP contribution in [-0.4, -0.2) is 24.2 Å². The lowest BCUT2D eigenvalue weighted by molar-refractivity contribution is 0.307. The van der Waals surface area contributed by atoms with E-state index in [1.54, 1.807) is 6.07 Å². The predicted octanol–water partition coefficient (Wildman–Crippen LogP) is 5.65. The first-order chi connectivity index (χ1) is 17.8. The highest BCUT2D eigenvalue weighted by Gasteiger charge is 2.22. The summed E-state index contributed by atoms with van der Waals surface area (Å²) in [6.07, 6.45) is 2.82. The van der Waals surface area contributed by atoms with E-state index in [9.17, 15) is 13.7 Å². The molecule has 0 fully saturated rings. The third kappa shape index (κ3) is 4.83. The van der Waals surface area contributed by atoms with Crippen molar-refractivity contribution in [3.05, 3.63) is 94.3 Å². The number of aryl methyl sites for hydroxylation is 1. The van der Waals surface area contributed by atoms with E-state index in [4.69, 9.17) is 9.72 Å². The van der Waals surface area contributed by atoms with E-state index in [1.165, 1.54) is 0 Å². The Hall–Kier alpha value is -4.09. The number of aromatic nitrogens is 2. The average Bonchev–Trinajstić information content (AvgIpc) is 3.12. The lowest BCUT2D eigenvalue weighted by Crippen LogP contribution is -2.10. The summed E-state index contributed by atoms with van der Waals surface area (Å²) in [5, 5.41) is 9.73. The summed E-state index contributed by atoms with van der Waals surface area (Å²) in [5.41, 5.74) is 7.53. The molecule has 2 heterocycles. The van der Waals surface area contributed by atoms with Crippen LogP contribution in [0.2, 0.25) is 0 Å².